The molecule has 0 aliphatic carbocycles. The first kappa shape index (κ1) is 16.6. The average Bonchev–Trinajstić information content (AvgIpc) is 3.49. The van der Waals surface area contributed by atoms with Crippen LogP contribution in [0.25, 0.3) is 53.6 Å². The van der Waals surface area contributed by atoms with Crippen molar-refractivity contribution in [3.63, 3.8) is 0 Å². The van der Waals surface area contributed by atoms with Gasteiger partial charge in [0.2, 0.25) is 0 Å². The lowest BCUT2D eigenvalue weighted by molar-refractivity contribution is 1.23. The number of aryl methyl sites for hydroxylation is 2. The number of hydrogen-bond acceptors (Lipinski definition) is 4. The van der Waals surface area contributed by atoms with E-state index >= 15 is 0 Å². The summed E-state index contributed by atoms with van der Waals surface area (Å²) >= 11 is 3.51. The molecule has 0 aliphatic heterocycles. The lowest BCUT2D eigenvalue weighted by Gasteiger charge is -2.07. The minimum absolute atomic E-state index is 1.02. The van der Waals surface area contributed by atoms with Crippen LogP contribution in [0.1, 0.15) is 10.7 Å². The van der Waals surface area contributed by atoms with Gasteiger partial charge >= 0.3 is 0 Å². The summed E-state index contributed by atoms with van der Waals surface area (Å²) in [5.74, 6) is 0. The number of nitrogens with zero attached hydrogens (tertiary/aromatic N) is 4. The molecule has 6 heteroatoms. The Balaban J connectivity index is 1.75. The van der Waals surface area contributed by atoms with Crippen molar-refractivity contribution in [1.29, 1.82) is 0 Å². The van der Waals surface area contributed by atoms with Gasteiger partial charge in [-0.15, -0.1) is 22.7 Å². The second-order valence-electron chi connectivity index (χ2n) is 7.66. The highest BCUT2D eigenvalue weighted by Gasteiger charge is 2.21. The molecule has 7 rings (SSSR count). The Bertz CT molecular complexity index is 1720. The van der Waals surface area contributed by atoms with Crippen LogP contribution in [0.2, 0.25) is 0 Å². The van der Waals surface area contributed by atoms with E-state index in [2.05, 4.69) is 82.9 Å². The van der Waals surface area contributed by atoms with E-state index in [-0.39, 0.29) is 0 Å². The van der Waals surface area contributed by atoms with E-state index < -0.39 is 0 Å². The fourth-order valence-electron chi connectivity index (χ4n) is 4.63. The lowest BCUT2D eigenvalue weighted by Crippen LogP contribution is -1.93. The van der Waals surface area contributed by atoms with Crippen molar-refractivity contribution < 1.29 is 0 Å². The summed E-state index contributed by atoms with van der Waals surface area (Å²) in [6.07, 6.45) is 2.12. The van der Waals surface area contributed by atoms with Crippen molar-refractivity contribution in [3.8, 4) is 5.00 Å². The highest BCUT2D eigenvalue weighted by molar-refractivity contribution is 7.18. The molecule has 144 valence electrons. The molecule has 0 saturated carbocycles. The molecule has 0 N–H and O–H groups in total. The van der Waals surface area contributed by atoms with Crippen molar-refractivity contribution >= 4 is 71.2 Å². The first-order chi connectivity index (χ1) is 14.7. The SMILES string of the molecule is Cc1cn2c(n1)c1csc(-n3c4ccccc4c4ccccc43)c1c1nc(C)sc12. The highest BCUT2D eigenvalue weighted by atomic mass is 32.1. The van der Waals surface area contributed by atoms with Crippen LogP contribution >= 0.6 is 22.7 Å². The molecule has 5 aromatic heterocycles. The van der Waals surface area contributed by atoms with Crippen LogP contribution in [0.5, 0.6) is 0 Å². The zero-order valence-corrected chi connectivity index (χ0v) is 18.0. The highest BCUT2D eigenvalue weighted by Crippen LogP contribution is 2.42. The first-order valence-corrected chi connectivity index (χ1v) is 11.5. The predicted octanol–water partition coefficient (Wildman–Crippen LogP) is 6.87. The third kappa shape index (κ3) is 2.00. The van der Waals surface area contributed by atoms with Crippen LogP contribution in [-0.2, 0) is 0 Å². The molecule has 0 atom stereocenters. The number of fused-ring (bicyclic) bond motifs is 9. The molecule has 7 aromatic rings. The van der Waals surface area contributed by atoms with Gasteiger partial charge in [-0.2, -0.15) is 0 Å². The Morgan fingerprint density at radius 3 is 2.27 bits per heavy atom. The van der Waals surface area contributed by atoms with Crippen molar-refractivity contribution in [1.82, 2.24) is 18.9 Å². The Morgan fingerprint density at radius 2 is 1.53 bits per heavy atom. The molecule has 30 heavy (non-hydrogen) atoms. The van der Waals surface area contributed by atoms with Crippen LogP contribution < -0.4 is 0 Å². The van der Waals surface area contributed by atoms with Crippen molar-refractivity contribution in [2.75, 3.05) is 0 Å². The van der Waals surface area contributed by atoms with Gasteiger partial charge in [0.05, 0.1) is 21.7 Å². The zero-order chi connectivity index (χ0) is 20.0. The number of pyridine rings is 1. The average molecular weight is 425 g/mol. The number of thiophene rings is 1. The fraction of sp³-hybridized carbons (Fsp3) is 0.0833. The maximum absolute atomic E-state index is 4.97. The summed E-state index contributed by atoms with van der Waals surface area (Å²) < 4.78 is 4.61. The minimum Gasteiger partial charge on any atom is -0.300 e. The molecule has 0 amide bonds. The van der Waals surface area contributed by atoms with Crippen molar-refractivity contribution in [3.05, 3.63) is 70.8 Å². The topological polar surface area (TPSA) is 35.1 Å². The third-order valence-corrected chi connectivity index (χ3v) is 7.73. The van der Waals surface area contributed by atoms with Gasteiger partial charge in [0.15, 0.2) is 0 Å². The molecule has 5 heterocycles. The van der Waals surface area contributed by atoms with Crippen molar-refractivity contribution in [2.24, 2.45) is 0 Å². The standard InChI is InChI=1S/C24H16N4S2/c1-13-11-27-22(25-13)17-12-29-23(20(17)21-24(27)30-14(2)26-21)28-18-9-5-3-7-15(18)16-8-4-6-10-19(16)28/h3-12H,1-2H3. The largest absolute Gasteiger partial charge is 0.300 e. The summed E-state index contributed by atoms with van der Waals surface area (Å²) in [7, 11) is 0. The summed E-state index contributed by atoms with van der Waals surface area (Å²) in [5, 5.41) is 9.44. The number of para-hydroxylation sites is 2. The third-order valence-electron chi connectivity index (χ3n) is 5.79. The number of thiazole rings is 1. The molecule has 0 saturated heterocycles. The summed E-state index contributed by atoms with van der Waals surface area (Å²) in [6, 6.07) is 17.3. The smallest absolute Gasteiger partial charge is 0.147 e. The number of aromatic nitrogens is 4. The van der Waals surface area contributed by atoms with E-state index in [1.165, 1.54) is 37.6 Å². The van der Waals surface area contributed by atoms with Gasteiger partial charge in [-0.25, -0.2) is 9.97 Å². The van der Waals surface area contributed by atoms with Gasteiger partial charge in [-0.05, 0) is 26.0 Å². The number of rotatable bonds is 1. The van der Waals surface area contributed by atoms with E-state index in [0.717, 1.165) is 26.7 Å². The van der Waals surface area contributed by atoms with E-state index in [0.29, 0.717) is 0 Å². The van der Waals surface area contributed by atoms with Crippen molar-refractivity contribution in [2.45, 2.75) is 13.8 Å². The lowest BCUT2D eigenvalue weighted by atomic mass is 10.2. The quantitative estimate of drug-likeness (QED) is 0.288. The Morgan fingerprint density at radius 1 is 0.833 bits per heavy atom. The van der Waals surface area contributed by atoms with Gasteiger partial charge in [0.25, 0.3) is 0 Å². The summed E-state index contributed by atoms with van der Waals surface area (Å²) in [4.78, 5) is 11.0. The maximum Gasteiger partial charge on any atom is 0.147 e. The molecule has 0 spiro atoms. The normalized spacial score (nSPS) is 12.3. The van der Waals surface area contributed by atoms with E-state index in [4.69, 9.17) is 9.97 Å². The number of imidazole rings is 1. The second kappa shape index (κ2) is 5.68. The van der Waals surface area contributed by atoms with E-state index in [1.54, 1.807) is 22.7 Å². The predicted molar refractivity (Wildman–Crippen MR) is 128 cm³/mol. The van der Waals surface area contributed by atoms with Crippen LogP contribution in [0.15, 0.2) is 60.1 Å². The maximum atomic E-state index is 4.97. The van der Waals surface area contributed by atoms with Gasteiger partial charge in [-0.1, -0.05) is 36.4 Å². The molecule has 0 aliphatic rings. The molecule has 0 radical (unpaired) electrons. The fourth-order valence-corrected chi connectivity index (χ4v) is 6.61. The molecule has 0 unspecified atom stereocenters. The second-order valence-corrected chi connectivity index (χ2v) is 9.70. The van der Waals surface area contributed by atoms with Crippen LogP contribution in [-0.4, -0.2) is 18.9 Å². The van der Waals surface area contributed by atoms with E-state index in [9.17, 15) is 0 Å². The first-order valence-electron chi connectivity index (χ1n) is 9.85. The molecular formula is C24H16N4S2. The number of hydrogen-bond donors (Lipinski definition) is 0. The van der Waals surface area contributed by atoms with Crippen LogP contribution in [0, 0.1) is 13.8 Å². The van der Waals surface area contributed by atoms with Crippen LogP contribution in [0.3, 0.4) is 0 Å². The molecule has 0 bridgehead atoms. The summed E-state index contributed by atoms with van der Waals surface area (Å²) in [6.45, 7) is 4.14. The molecule has 4 nitrogen and oxygen atoms in total. The van der Waals surface area contributed by atoms with Gasteiger partial charge in [0.1, 0.15) is 21.0 Å². The molecule has 0 fully saturated rings. The summed E-state index contributed by atoms with van der Waals surface area (Å²) in [5.41, 5.74) is 5.56. The Labute approximate surface area is 179 Å². The van der Waals surface area contributed by atoms with Gasteiger partial charge in [-0.3, -0.25) is 4.40 Å². The Kier molecular flexibility index (Phi) is 3.14. The zero-order valence-electron chi connectivity index (χ0n) is 16.4. The minimum atomic E-state index is 1.02. The Hall–Kier alpha value is -3.22. The van der Waals surface area contributed by atoms with Gasteiger partial charge < -0.3 is 4.57 Å². The molecule has 2 aromatic carbocycles. The monoisotopic (exact) mass is 424 g/mol. The molecular weight excluding hydrogens is 408 g/mol. The van der Waals surface area contributed by atoms with Gasteiger partial charge in [0, 0.05) is 33.1 Å². The van der Waals surface area contributed by atoms with E-state index in [1.807, 2.05) is 0 Å². The van der Waals surface area contributed by atoms with Crippen LogP contribution in [0.4, 0.5) is 0 Å². The number of benzene rings is 2.